The molecule has 0 bridgehead atoms. The van der Waals surface area contributed by atoms with E-state index < -0.39 is 0 Å². The van der Waals surface area contributed by atoms with E-state index in [0.717, 1.165) is 19.3 Å². The van der Waals surface area contributed by atoms with Crippen LogP contribution in [-0.2, 0) is 15.6 Å². The quantitative estimate of drug-likeness (QED) is 0.167. The minimum Gasteiger partial charge on any atom is -0.362 e. The molecule has 2 aliphatic heterocycles. The number of ether oxygens (including phenoxy) is 1. The second-order valence-electron chi connectivity index (χ2n) is 15.3. The van der Waals surface area contributed by atoms with Gasteiger partial charge in [0.15, 0.2) is 18.1 Å². The van der Waals surface area contributed by atoms with E-state index in [1.807, 2.05) is 7.11 Å². The number of anilines is 1. The molecule has 0 saturated carbocycles. The second kappa shape index (κ2) is 12.6. The molecule has 51 heavy (non-hydrogen) atoms. The van der Waals surface area contributed by atoms with Crippen LogP contribution < -0.4 is 9.47 Å². The fraction of sp³-hybridized carbons (Fsp3) is 0.277. The van der Waals surface area contributed by atoms with Crippen LogP contribution in [0.3, 0.4) is 0 Å². The summed E-state index contributed by atoms with van der Waals surface area (Å²) in [4.78, 5) is 2.40. The van der Waals surface area contributed by atoms with E-state index in [4.69, 9.17) is 4.74 Å². The number of nitrogens with zero attached hydrogens (tertiary/aromatic N) is 3. The van der Waals surface area contributed by atoms with Crippen LogP contribution in [0.2, 0.25) is 0 Å². The van der Waals surface area contributed by atoms with Crippen molar-refractivity contribution in [2.45, 2.75) is 70.9 Å². The van der Waals surface area contributed by atoms with Crippen molar-refractivity contribution in [3.05, 3.63) is 156 Å². The summed E-state index contributed by atoms with van der Waals surface area (Å²) < 4.78 is 10.7. The Bertz CT molecular complexity index is 2350. The molecule has 5 aromatic rings. The van der Waals surface area contributed by atoms with Crippen molar-refractivity contribution < 1.29 is 13.9 Å². The van der Waals surface area contributed by atoms with Gasteiger partial charge >= 0.3 is 0 Å². The summed E-state index contributed by atoms with van der Waals surface area (Å²) in [5.41, 5.74) is 11.5. The lowest BCUT2D eigenvalue weighted by Crippen LogP contribution is -2.35. The van der Waals surface area contributed by atoms with Gasteiger partial charge in [-0.15, -0.1) is 0 Å². The maximum Gasteiger partial charge on any atom is 0.216 e. The number of methoxy groups -OCH3 is 1. The molecule has 4 aromatic carbocycles. The molecule has 0 N–H and O–H groups in total. The highest BCUT2D eigenvalue weighted by atomic mass is 16.5. The highest BCUT2D eigenvalue weighted by Gasteiger charge is 2.45. The van der Waals surface area contributed by atoms with Crippen molar-refractivity contribution in [2.75, 3.05) is 19.1 Å². The average molecular weight is 672 g/mol. The van der Waals surface area contributed by atoms with Gasteiger partial charge in [0.25, 0.3) is 0 Å². The van der Waals surface area contributed by atoms with Gasteiger partial charge in [-0.05, 0) is 91.4 Å². The van der Waals surface area contributed by atoms with Crippen LogP contribution in [0.5, 0.6) is 0 Å². The summed E-state index contributed by atoms with van der Waals surface area (Å²) in [6.45, 7) is 11.6. The van der Waals surface area contributed by atoms with Crippen LogP contribution in [0.15, 0.2) is 145 Å². The molecule has 3 heterocycles. The molecular weight excluding hydrogens is 623 g/mol. The second-order valence-corrected chi connectivity index (χ2v) is 15.3. The topological polar surface area (TPSA) is 19.4 Å². The Balaban J connectivity index is 1.24. The Morgan fingerprint density at radius 2 is 1.39 bits per heavy atom. The van der Waals surface area contributed by atoms with E-state index in [9.17, 15) is 0 Å². The molecular formula is C47H49N3O+2. The molecule has 0 spiro atoms. The Kier molecular flexibility index (Phi) is 8.19. The van der Waals surface area contributed by atoms with Crippen molar-refractivity contribution in [3.63, 3.8) is 0 Å². The molecule has 1 atom stereocenters. The number of fused-ring (bicyclic) bond motifs is 6. The SMILES string of the molecule is COC(C)N1/C(=C/C=C2\CCCC(/C=C/C3=[N+](C)c4ccc5ccccc5c4C3(C)C)=C2[n+]2ccccc2)C(C)(C)c2c1ccc1ccccc21. The number of hydrogen-bond donors (Lipinski definition) is 0. The standard InChI is InChI=1S/C47H49N3O/c1-32(51-7)50-40-27-23-34-17-10-12-21-38(34)44(40)47(4,5)42(50)29-25-36-19-15-18-35(45(36)49-30-13-8-14-31-49)24-28-41-46(2,3)43-37-20-11-9-16-33(37)22-26-39(43)48(41)6/h8-14,16-17,20-32H,15,18-19H2,1-7H3/q+2. The van der Waals surface area contributed by atoms with Crippen molar-refractivity contribution >= 4 is 44.3 Å². The zero-order valence-corrected chi connectivity index (χ0v) is 31.1. The third-order valence-corrected chi connectivity index (χ3v) is 11.7. The predicted octanol–water partition coefficient (Wildman–Crippen LogP) is 10.5. The number of benzene rings is 4. The van der Waals surface area contributed by atoms with Gasteiger partial charge in [-0.25, -0.2) is 0 Å². The first kappa shape index (κ1) is 33.1. The van der Waals surface area contributed by atoms with Crippen LogP contribution in [0.4, 0.5) is 11.4 Å². The van der Waals surface area contributed by atoms with Gasteiger partial charge in [-0.3, -0.25) is 0 Å². The lowest BCUT2D eigenvalue weighted by molar-refractivity contribution is -0.580. The number of aromatic nitrogens is 1. The summed E-state index contributed by atoms with van der Waals surface area (Å²) in [7, 11) is 4.03. The van der Waals surface area contributed by atoms with Crippen molar-refractivity contribution in [3.8, 4) is 0 Å². The molecule has 1 aromatic heterocycles. The lowest BCUT2D eigenvalue weighted by atomic mass is 9.78. The summed E-state index contributed by atoms with van der Waals surface area (Å²) in [5.74, 6) is 0. The van der Waals surface area contributed by atoms with E-state index >= 15 is 0 Å². The van der Waals surface area contributed by atoms with E-state index in [-0.39, 0.29) is 17.1 Å². The molecule has 4 nitrogen and oxygen atoms in total. The molecule has 0 fully saturated rings. The molecule has 0 amide bonds. The third kappa shape index (κ3) is 5.31. The molecule has 1 unspecified atom stereocenters. The van der Waals surface area contributed by atoms with E-state index in [1.165, 1.54) is 72.3 Å². The fourth-order valence-corrected chi connectivity index (χ4v) is 9.13. The number of pyridine rings is 1. The van der Waals surface area contributed by atoms with Crippen molar-refractivity contribution in [1.82, 2.24) is 0 Å². The molecule has 1 aliphatic carbocycles. The fourth-order valence-electron chi connectivity index (χ4n) is 9.13. The summed E-state index contributed by atoms with van der Waals surface area (Å²) in [6, 6.07) is 33.0. The van der Waals surface area contributed by atoms with Crippen LogP contribution in [0.25, 0.3) is 27.2 Å². The summed E-state index contributed by atoms with van der Waals surface area (Å²) in [5, 5.41) is 5.22. The van der Waals surface area contributed by atoms with Gasteiger partial charge in [0.1, 0.15) is 13.3 Å². The average Bonchev–Trinajstić information content (AvgIpc) is 3.50. The summed E-state index contributed by atoms with van der Waals surface area (Å²) >= 11 is 0. The summed E-state index contributed by atoms with van der Waals surface area (Å²) in [6.07, 6.45) is 17.0. The van der Waals surface area contributed by atoms with Gasteiger partial charge in [-0.1, -0.05) is 80.6 Å². The maximum absolute atomic E-state index is 6.01. The minimum atomic E-state index is -0.213. The number of rotatable bonds is 6. The smallest absolute Gasteiger partial charge is 0.216 e. The zero-order valence-electron chi connectivity index (χ0n) is 31.1. The Morgan fingerprint density at radius 1 is 0.725 bits per heavy atom. The molecule has 4 heteroatoms. The van der Waals surface area contributed by atoms with Gasteiger partial charge in [-0.2, -0.15) is 9.14 Å². The zero-order chi connectivity index (χ0) is 35.5. The van der Waals surface area contributed by atoms with Crippen LogP contribution >= 0.6 is 0 Å². The predicted molar refractivity (Wildman–Crippen MR) is 213 cm³/mol. The highest BCUT2D eigenvalue weighted by Crippen LogP contribution is 2.52. The van der Waals surface area contributed by atoms with E-state index in [2.05, 4.69) is 183 Å². The first-order chi connectivity index (χ1) is 24.6. The van der Waals surface area contributed by atoms with Gasteiger partial charge in [0, 0.05) is 64.9 Å². The minimum absolute atomic E-state index is 0.107. The molecule has 3 aliphatic rings. The largest absolute Gasteiger partial charge is 0.362 e. The highest BCUT2D eigenvalue weighted by molar-refractivity contribution is 6.08. The van der Waals surface area contributed by atoms with Crippen LogP contribution in [0.1, 0.15) is 65.0 Å². The first-order valence-corrected chi connectivity index (χ1v) is 18.4. The monoisotopic (exact) mass is 671 g/mol. The Labute approximate surface area is 303 Å². The van der Waals surface area contributed by atoms with Crippen molar-refractivity contribution in [2.24, 2.45) is 0 Å². The molecule has 8 rings (SSSR count). The van der Waals surface area contributed by atoms with E-state index in [0.29, 0.717) is 0 Å². The van der Waals surface area contributed by atoms with Gasteiger partial charge in [0.2, 0.25) is 11.4 Å². The van der Waals surface area contributed by atoms with Gasteiger partial charge < -0.3 is 9.64 Å². The molecule has 256 valence electrons. The molecule has 0 radical (unpaired) electrons. The van der Waals surface area contributed by atoms with Crippen LogP contribution in [-0.4, -0.2) is 30.7 Å². The molecule has 0 saturated heterocycles. The van der Waals surface area contributed by atoms with Gasteiger partial charge in [0.05, 0.1) is 5.41 Å². The normalized spacial score (nSPS) is 20.3. The Morgan fingerprint density at radius 3 is 2.10 bits per heavy atom. The maximum atomic E-state index is 6.01. The first-order valence-electron chi connectivity index (χ1n) is 18.4. The Hall–Kier alpha value is -5.06. The number of allylic oxidation sites excluding steroid dienone is 8. The number of hydrogen-bond acceptors (Lipinski definition) is 2. The third-order valence-electron chi connectivity index (χ3n) is 11.7. The van der Waals surface area contributed by atoms with E-state index in [1.54, 1.807) is 0 Å². The van der Waals surface area contributed by atoms with Crippen molar-refractivity contribution in [1.29, 1.82) is 0 Å². The lowest BCUT2D eigenvalue weighted by Gasteiger charge is -2.31. The van der Waals surface area contributed by atoms with Crippen LogP contribution in [0, 0.1) is 0 Å².